The molecule has 2 aliphatic heterocycles. The molecule has 0 radical (unpaired) electrons. The highest BCUT2D eigenvalue weighted by atomic mass is 16.6. The number of nitrogens with zero attached hydrogens (tertiary/aromatic N) is 3. The van der Waals surface area contributed by atoms with E-state index in [1.807, 2.05) is 51.1 Å². The van der Waals surface area contributed by atoms with Crippen LogP contribution >= 0.6 is 0 Å². The second-order valence-electron chi connectivity index (χ2n) is 11.0. The van der Waals surface area contributed by atoms with E-state index in [1.54, 1.807) is 4.90 Å². The molecule has 2 atom stereocenters. The van der Waals surface area contributed by atoms with E-state index in [2.05, 4.69) is 29.2 Å². The Labute approximate surface area is 210 Å². The van der Waals surface area contributed by atoms with Crippen LogP contribution in [0.15, 0.2) is 30.3 Å². The molecule has 0 saturated carbocycles. The largest absolute Gasteiger partial charge is 0.460 e. The van der Waals surface area contributed by atoms with Crippen molar-refractivity contribution < 1.29 is 19.1 Å². The minimum atomic E-state index is -0.505. The lowest BCUT2D eigenvalue weighted by molar-refractivity contribution is -0.155. The number of benzene rings is 1. The molecule has 0 aliphatic carbocycles. The summed E-state index contributed by atoms with van der Waals surface area (Å²) >= 11 is 0. The topological polar surface area (TPSA) is 74.3 Å². The van der Waals surface area contributed by atoms with Crippen molar-refractivity contribution in [1.82, 2.24) is 20.0 Å². The van der Waals surface area contributed by atoms with Gasteiger partial charge in [0.15, 0.2) is 0 Å². The number of rotatable bonds is 9. The molecular formula is C27H44N4O4. The number of likely N-dealkylation sites (N-methyl/N-ethyl adjacent to an activating group) is 1. The summed E-state index contributed by atoms with van der Waals surface area (Å²) in [5, 5.41) is 3.43. The monoisotopic (exact) mass is 488 g/mol. The molecule has 2 fully saturated rings. The van der Waals surface area contributed by atoms with Gasteiger partial charge in [-0.2, -0.15) is 0 Å². The highest BCUT2D eigenvalue weighted by molar-refractivity contribution is 5.76. The van der Waals surface area contributed by atoms with Crippen molar-refractivity contribution in [3.63, 3.8) is 0 Å². The van der Waals surface area contributed by atoms with Gasteiger partial charge in [0.05, 0.1) is 0 Å². The van der Waals surface area contributed by atoms with Crippen molar-refractivity contribution >= 4 is 12.1 Å². The third-order valence-electron chi connectivity index (χ3n) is 6.76. The zero-order valence-electron chi connectivity index (χ0n) is 22.2. The smallest absolute Gasteiger partial charge is 0.410 e. The predicted molar refractivity (Wildman–Crippen MR) is 137 cm³/mol. The Hall–Kier alpha value is -2.16. The Morgan fingerprint density at radius 2 is 1.77 bits per heavy atom. The van der Waals surface area contributed by atoms with E-state index < -0.39 is 5.60 Å². The van der Waals surface area contributed by atoms with Gasteiger partial charge in [0.1, 0.15) is 18.2 Å². The molecular weight excluding hydrogens is 444 g/mol. The summed E-state index contributed by atoms with van der Waals surface area (Å²) in [6.45, 7) is 10.6. The molecule has 1 aromatic carbocycles. The van der Waals surface area contributed by atoms with Crippen molar-refractivity contribution in [2.24, 2.45) is 5.92 Å². The third kappa shape index (κ3) is 8.47. The number of nitrogens with one attached hydrogen (secondary N) is 1. The highest BCUT2D eigenvalue weighted by Gasteiger charge is 2.41. The molecule has 1 aromatic rings. The first-order chi connectivity index (χ1) is 16.6. The summed E-state index contributed by atoms with van der Waals surface area (Å²) in [7, 11) is 4.12. The number of hydrogen-bond acceptors (Lipinski definition) is 7. The number of carbonyl (C=O) groups is 2. The Bertz CT molecular complexity index is 797. The fourth-order valence-electron chi connectivity index (χ4n) is 4.93. The lowest BCUT2D eigenvalue weighted by atomic mass is 9.93. The molecule has 1 amide bonds. The molecule has 2 unspecified atom stereocenters. The number of ether oxygens (including phenoxy) is 2. The van der Waals surface area contributed by atoms with E-state index in [0.717, 1.165) is 51.0 Å². The van der Waals surface area contributed by atoms with Gasteiger partial charge < -0.3 is 24.6 Å². The lowest BCUT2D eigenvalue weighted by Gasteiger charge is -2.43. The Balaban J connectivity index is 1.72. The second-order valence-corrected chi connectivity index (χ2v) is 11.0. The molecule has 3 rings (SSSR count). The predicted octanol–water partition coefficient (Wildman–Crippen LogP) is 2.97. The van der Waals surface area contributed by atoms with Crippen molar-refractivity contribution in [2.75, 3.05) is 53.4 Å². The Kier molecular flexibility index (Phi) is 9.95. The number of amides is 1. The molecule has 196 valence electrons. The molecule has 0 aromatic heterocycles. The normalized spacial score (nSPS) is 20.3. The molecule has 2 heterocycles. The van der Waals surface area contributed by atoms with Gasteiger partial charge in [0.2, 0.25) is 0 Å². The molecule has 35 heavy (non-hydrogen) atoms. The van der Waals surface area contributed by atoms with Crippen molar-refractivity contribution in [2.45, 2.75) is 64.3 Å². The zero-order valence-corrected chi connectivity index (χ0v) is 22.2. The van der Waals surface area contributed by atoms with Crippen LogP contribution in [0.3, 0.4) is 0 Å². The molecule has 1 N–H and O–H groups in total. The van der Waals surface area contributed by atoms with Gasteiger partial charge in [0.25, 0.3) is 0 Å². The number of likely N-dealkylation sites (tertiary alicyclic amines) is 1. The molecule has 0 spiro atoms. The Morgan fingerprint density at radius 3 is 2.34 bits per heavy atom. The molecule has 8 heteroatoms. The van der Waals surface area contributed by atoms with E-state index in [0.29, 0.717) is 13.1 Å². The van der Waals surface area contributed by atoms with Crippen LogP contribution in [0, 0.1) is 5.92 Å². The van der Waals surface area contributed by atoms with E-state index >= 15 is 0 Å². The van der Waals surface area contributed by atoms with Crippen LogP contribution in [-0.4, -0.2) is 97.8 Å². The summed E-state index contributed by atoms with van der Waals surface area (Å²) in [6, 6.07) is 9.76. The van der Waals surface area contributed by atoms with Gasteiger partial charge in [-0.05, 0) is 72.2 Å². The fraction of sp³-hybridized carbons (Fsp3) is 0.704. The first-order valence-electron chi connectivity index (χ1n) is 12.9. The van der Waals surface area contributed by atoms with Crippen LogP contribution in [0.25, 0.3) is 0 Å². The fourth-order valence-corrected chi connectivity index (χ4v) is 4.93. The van der Waals surface area contributed by atoms with Crippen LogP contribution in [0.2, 0.25) is 0 Å². The quantitative estimate of drug-likeness (QED) is 0.536. The minimum absolute atomic E-state index is 0.143. The second kappa shape index (κ2) is 12.7. The molecule has 8 nitrogen and oxygen atoms in total. The minimum Gasteiger partial charge on any atom is -0.460 e. The molecule has 0 bridgehead atoms. The third-order valence-corrected chi connectivity index (χ3v) is 6.76. The number of esters is 1. The average Bonchev–Trinajstić information content (AvgIpc) is 3.34. The first kappa shape index (κ1) is 27.4. The zero-order chi connectivity index (χ0) is 25.4. The van der Waals surface area contributed by atoms with Gasteiger partial charge in [-0.1, -0.05) is 30.3 Å². The maximum atomic E-state index is 13.6. The van der Waals surface area contributed by atoms with Crippen molar-refractivity contribution in [3.05, 3.63) is 35.9 Å². The number of carbonyl (C=O) groups excluding carboxylic acids is 2. The van der Waals surface area contributed by atoms with E-state index in [-0.39, 0.29) is 36.7 Å². The summed E-state index contributed by atoms with van der Waals surface area (Å²) < 4.78 is 11.5. The summed E-state index contributed by atoms with van der Waals surface area (Å²) in [5.41, 5.74) is 0.490. The Morgan fingerprint density at radius 1 is 1.09 bits per heavy atom. The maximum absolute atomic E-state index is 13.6. The van der Waals surface area contributed by atoms with Crippen molar-refractivity contribution in [1.29, 1.82) is 0 Å². The molecule has 2 saturated heterocycles. The van der Waals surface area contributed by atoms with Gasteiger partial charge in [-0.15, -0.1) is 0 Å². The van der Waals surface area contributed by atoms with Gasteiger partial charge >= 0.3 is 12.1 Å². The summed E-state index contributed by atoms with van der Waals surface area (Å²) in [5.74, 6) is 0.0696. The maximum Gasteiger partial charge on any atom is 0.410 e. The lowest BCUT2D eigenvalue weighted by Crippen LogP contribution is -2.57. The average molecular weight is 489 g/mol. The van der Waals surface area contributed by atoms with Crippen LogP contribution in [0.1, 0.15) is 45.6 Å². The van der Waals surface area contributed by atoms with Crippen molar-refractivity contribution in [3.8, 4) is 0 Å². The van der Waals surface area contributed by atoms with Crippen LogP contribution in [-0.2, 0) is 20.9 Å². The van der Waals surface area contributed by atoms with E-state index in [1.165, 1.54) is 0 Å². The number of hydrogen-bond donors (Lipinski definition) is 1. The van der Waals surface area contributed by atoms with Gasteiger partial charge in [-0.25, -0.2) is 4.79 Å². The first-order valence-corrected chi connectivity index (χ1v) is 12.9. The molecule has 2 aliphatic rings. The highest BCUT2D eigenvalue weighted by Crippen LogP contribution is 2.27. The van der Waals surface area contributed by atoms with E-state index in [9.17, 15) is 9.59 Å². The van der Waals surface area contributed by atoms with Crippen LogP contribution in [0.5, 0.6) is 0 Å². The SMILES string of the molecule is CN(C)CCN(C1CCN(C(=O)OC(C)(C)C)CC1)C(C(=O)OCc1ccccc1)C1CCNC1. The summed E-state index contributed by atoms with van der Waals surface area (Å²) in [6.07, 6.45) is 2.33. The van der Waals surface area contributed by atoms with Crippen LogP contribution < -0.4 is 5.32 Å². The van der Waals surface area contributed by atoms with Gasteiger partial charge in [-0.3, -0.25) is 9.69 Å². The van der Waals surface area contributed by atoms with Gasteiger partial charge in [0, 0.05) is 38.8 Å². The van der Waals surface area contributed by atoms with E-state index in [4.69, 9.17) is 9.47 Å². The summed E-state index contributed by atoms with van der Waals surface area (Å²) in [4.78, 5) is 32.5. The van der Waals surface area contributed by atoms with Crippen LogP contribution in [0.4, 0.5) is 4.79 Å². The number of piperidine rings is 1. The standard InChI is InChI=1S/C27H44N4O4/c1-27(2,3)35-26(33)30-15-12-23(13-16-30)31(18-17-29(4)5)24(22-11-14-28-19-22)25(32)34-20-21-9-7-6-8-10-21/h6-10,22-24,28H,11-20H2,1-5H3.